The number of rotatable bonds is 15. The van der Waals surface area contributed by atoms with Crippen molar-refractivity contribution in [3.8, 4) is 11.5 Å². The number of ether oxygens (including phenoxy) is 1. The van der Waals surface area contributed by atoms with Gasteiger partial charge in [0.25, 0.3) is 0 Å². The molecular weight excluding hydrogens is 907 g/mol. The Morgan fingerprint density at radius 3 is 2.04 bits per heavy atom. The molecule has 0 spiro atoms. The Labute approximate surface area is 397 Å². The summed E-state index contributed by atoms with van der Waals surface area (Å²) in [6, 6.07) is 1.95. The number of aromatic amines is 1. The molecule has 2 fully saturated rings. The molecule has 0 aliphatic carbocycles. The number of hydrogen-bond donors (Lipinski definition) is 4. The van der Waals surface area contributed by atoms with Crippen LogP contribution >= 0.6 is 0 Å². The lowest BCUT2D eigenvalue weighted by atomic mass is 9.99. The molecule has 0 unspecified atom stereocenters. The summed E-state index contributed by atoms with van der Waals surface area (Å²) in [7, 11) is 2.63. The summed E-state index contributed by atoms with van der Waals surface area (Å²) in [4.78, 5) is 92.4. The van der Waals surface area contributed by atoms with Gasteiger partial charge in [-0.2, -0.15) is 0 Å². The topological polar surface area (TPSA) is 203 Å². The summed E-state index contributed by atoms with van der Waals surface area (Å²) in [6.45, 7) is 12.4. The first kappa shape index (κ1) is 52.0. The number of carboxylic acid groups (broad SMARTS) is 1. The van der Waals surface area contributed by atoms with Crippen LogP contribution in [-0.2, 0) is 36.9 Å². The number of fused-ring (bicyclic) bond motifs is 2. The van der Waals surface area contributed by atoms with Gasteiger partial charge in [-0.3, -0.25) is 29.0 Å². The molecule has 6 amide bonds. The predicted molar refractivity (Wildman–Crippen MR) is 248 cm³/mol. The number of carbonyl (C=O) groups excluding carboxylic acids is 5. The molecule has 21 heteroatoms. The molecule has 8 atom stereocenters. The van der Waals surface area contributed by atoms with E-state index in [1.165, 1.54) is 74.1 Å². The number of halogens is 4. The van der Waals surface area contributed by atoms with Crippen molar-refractivity contribution < 1.29 is 56.2 Å². The Kier molecular flexibility index (Phi) is 15.6. The fourth-order valence-electron chi connectivity index (χ4n) is 8.99. The Bertz CT molecular complexity index is 2600. The number of nitrogens with one attached hydrogen (secondary N) is 3. The van der Waals surface area contributed by atoms with Crippen molar-refractivity contribution in [1.82, 2.24) is 44.8 Å². The number of nitrogens with zero attached hydrogens (tertiary/aromatic N) is 6. The van der Waals surface area contributed by atoms with E-state index in [-0.39, 0.29) is 56.7 Å². The lowest BCUT2D eigenvalue weighted by Crippen LogP contribution is -2.57. The molecule has 0 bridgehead atoms. The highest BCUT2D eigenvalue weighted by atomic mass is 19.1. The Morgan fingerprint density at radius 2 is 1.43 bits per heavy atom. The molecule has 2 aliphatic heterocycles. The fraction of sp³-hybridized carbons (Fsp3) is 0.562. The second-order valence-electron chi connectivity index (χ2n) is 19.5. The molecule has 69 heavy (non-hydrogen) atoms. The molecule has 4 N–H and O–H groups in total. The van der Waals surface area contributed by atoms with Crippen molar-refractivity contribution in [1.29, 1.82) is 0 Å². The largest absolute Gasteiger partial charge is 0.465 e. The van der Waals surface area contributed by atoms with Gasteiger partial charge in [0.15, 0.2) is 5.82 Å². The van der Waals surface area contributed by atoms with Crippen LogP contribution in [0.3, 0.4) is 0 Å². The van der Waals surface area contributed by atoms with Crippen molar-refractivity contribution in [3.63, 3.8) is 0 Å². The Morgan fingerprint density at radius 1 is 0.855 bits per heavy atom. The fourth-order valence-corrected chi connectivity index (χ4v) is 8.99. The van der Waals surface area contributed by atoms with E-state index in [0.717, 1.165) is 9.80 Å². The average Bonchev–Trinajstić information content (AvgIpc) is 4.04. The lowest BCUT2D eigenvalue weighted by molar-refractivity contribution is -0.139. The molecule has 4 heterocycles. The van der Waals surface area contributed by atoms with E-state index in [1.54, 1.807) is 46.1 Å². The maximum Gasteiger partial charge on any atom is 0.410 e. The molecule has 17 nitrogen and oxygen atoms in total. The van der Waals surface area contributed by atoms with E-state index in [2.05, 4.69) is 15.6 Å². The maximum atomic E-state index is 15.7. The van der Waals surface area contributed by atoms with Gasteiger partial charge in [-0.1, -0.05) is 20.8 Å². The number of H-pyrrole nitrogens is 1. The van der Waals surface area contributed by atoms with Crippen molar-refractivity contribution in [2.45, 2.75) is 142 Å². The number of likely N-dealkylation sites (tertiary alicyclic amines) is 2. The molecule has 2 saturated heterocycles. The zero-order chi connectivity index (χ0) is 51.0. The molecular formula is C48H63F4N9O8. The normalized spacial score (nSPS) is 20.2. The third-order valence-corrected chi connectivity index (χ3v) is 13.1. The number of hydrogen-bond acceptors (Lipinski definition) is 8. The summed E-state index contributed by atoms with van der Waals surface area (Å²) in [5.74, 6) is -3.94. The number of aromatic nitrogens is 3. The van der Waals surface area contributed by atoms with Crippen LogP contribution in [0.25, 0.3) is 33.5 Å². The minimum Gasteiger partial charge on any atom is -0.465 e. The van der Waals surface area contributed by atoms with Gasteiger partial charge in [0, 0.05) is 56.5 Å². The van der Waals surface area contributed by atoms with Crippen LogP contribution in [-0.4, -0.2) is 156 Å². The van der Waals surface area contributed by atoms with Gasteiger partial charge in [-0.25, -0.2) is 32.1 Å². The van der Waals surface area contributed by atoms with Crippen LogP contribution < -0.4 is 10.6 Å². The van der Waals surface area contributed by atoms with Crippen molar-refractivity contribution in [3.05, 3.63) is 53.6 Å². The lowest BCUT2D eigenvalue weighted by Gasteiger charge is -2.33. The molecule has 0 radical (unpaired) electrons. The van der Waals surface area contributed by atoms with Crippen LogP contribution in [0, 0.1) is 17.6 Å². The first-order chi connectivity index (χ1) is 32.3. The van der Waals surface area contributed by atoms with E-state index >= 15 is 8.78 Å². The summed E-state index contributed by atoms with van der Waals surface area (Å²) in [6.07, 6.45) is -5.07. The highest BCUT2D eigenvalue weighted by Gasteiger charge is 2.43. The van der Waals surface area contributed by atoms with Crippen LogP contribution in [0.1, 0.15) is 80.2 Å². The minimum absolute atomic E-state index is 0.00509. The quantitative estimate of drug-likeness (QED) is 0.101. The van der Waals surface area contributed by atoms with E-state index in [1.807, 2.05) is 0 Å². The Balaban J connectivity index is 1.35. The molecule has 6 rings (SSSR count). The molecule has 2 aliphatic rings. The van der Waals surface area contributed by atoms with Crippen molar-refractivity contribution in [2.24, 2.45) is 5.92 Å². The first-order valence-corrected chi connectivity index (χ1v) is 23.2. The number of imidazole rings is 1. The maximum absolute atomic E-state index is 15.7. The molecule has 2 aromatic heterocycles. The molecule has 0 saturated carbocycles. The van der Waals surface area contributed by atoms with Crippen LogP contribution in [0.4, 0.5) is 27.2 Å². The van der Waals surface area contributed by atoms with Gasteiger partial charge in [0.1, 0.15) is 53.7 Å². The monoisotopic (exact) mass is 969 g/mol. The number of carbonyl (C=O) groups is 6. The zero-order valence-corrected chi connectivity index (χ0v) is 40.6. The van der Waals surface area contributed by atoms with E-state index in [4.69, 9.17) is 9.72 Å². The van der Waals surface area contributed by atoms with Gasteiger partial charge in [0.2, 0.25) is 23.6 Å². The Hall–Kier alpha value is -6.41. The summed E-state index contributed by atoms with van der Waals surface area (Å²) >= 11 is 0. The number of likely N-dealkylation sites (N-methyl/N-ethyl adjacent to an activating group) is 2. The number of alkyl halides is 2. The third kappa shape index (κ3) is 11.4. The van der Waals surface area contributed by atoms with Crippen molar-refractivity contribution in [2.75, 3.05) is 27.2 Å². The highest BCUT2D eigenvalue weighted by Crippen LogP contribution is 2.37. The molecule has 2 aromatic carbocycles. The van der Waals surface area contributed by atoms with Gasteiger partial charge >= 0.3 is 12.2 Å². The smallest absolute Gasteiger partial charge is 0.410 e. The van der Waals surface area contributed by atoms with Gasteiger partial charge in [0.05, 0.1) is 35.9 Å². The summed E-state index contributed by atoms with van der Waals surface area (Å²) in [5, 5.41) is 15.3. The van der Waals surface area contributed by atoms with Crippen LogP contribution in [0.15, 0.2) is 36.4 Å². The van der Waals surface area contributed by atoms with Crippen molar-refractivity contribution >= 4 is 57.8 Å². The minimum atomic E-state index is -1.46. The van der Waals surface area contributed by atoms with Gasteiger partial charge < -0.3 is 39.8 Å². The SMILES string of the molecule is CC[C@H](NC(=O)[C@H](C)N(C)C(=O)O)C(=O)N1C[C@@H](F)C[C@H]1Cc1c(-c2nc3cc(F)ccc3n2C[C@@H]2C[C@H](F)CN2C(=O)[C@@H](NC(=O)[C@H](C)N(C)C(=O)OC(C)(C)C)C(C)C)[nH]c2cc(F)ccc12. The zero-order valence-electron chi connectivity index (χ0n) is 40.6. The third-order valence-electron chi connectivity index (χ3n) is 13.1. The van der Waals surface area contributed by atoms with Crippen LogP contribution in [0.5, 0.6) is 0 Å². The predicted octanol–water partition coefficient (Wildman–Crippen LogP) is 6.17. The summed E-state index contributed by atoms with van der Waals surface area (Å²) in [5.41, 5.74) is 0.940. The molecule has 4 aromatic rings. The number of benzene rings is 2. The van der Waals surface area contributed by atoms with E-state index < -0.39 is 108 Å². The molecule has 376 valence electrons. The first-order valence-electron chi connectivity index (χ1n) is 23.2. The van der Waals surface area contributed by atoms with Crippen LogP contribution in [0.2, 0.25) is 0 Å². The second kappa shape index (κ2) is 20.7. The van der Waals surface area contributed by atoms with E-state index in [9.17, 15) is 42.7 Å². The summed E-state index contributed by atoms with van der Waals surface area (Å²) < 4.78 is 68.1. The highest BCUT2D eigenvalue weighted by molar-refractivity contribution is 5.94. The number of amides is 6. The standard InChI is InChI=1S/C48H63F4N9O8/c1-11-35(55-42(62)25(4)57(9)46(66)67)44(64)59-21-29(51)16-31(59)20-34-33-14-12-27(49)18-36(33)53-40(34)41-54-37-19-28(50)13-15-38(37)61(41)23-32-17-30(52)22-60(32)45(65)39(24(2)3)56-43(63)26(5)58(10)47(68)69-48(6,7)8/h12-15,18-19,24-26,29-32,35,39,53H,11,16-17,20-23H2,1-10H3,(H,55,62)(H,56,63)(H,66,67)/t25-,26-,29-,30-,31-,32-,35-,39-/m0/s1. The second-order valence-corrected chi connectivity index (χ2v) is 19.5. The average molecular weight is 970 g/mol. The van der Waals surface area contributed by atoms with Gasteiger partial charge in [-0.15, -0.1) is 0 Å². The van der Waals surface area contributed by atoms with Gasteiger partial charge in [-0.05, 0) is 89.3 Å². The van der Waals surface area contributed by atoms with E-state index in [0.29, 0.717) is 27.7 Å².